The lowest BCUT2D eigenvalue weighted by Crippen LogP contribution is -2.15. The predicted octanol–water partition coefficient (Wildman–Crippen LogP) is 4.27. The molecule has 1 unspecified atom stereocenters. The fourth-order valence-electron chi connectivity index (χ4n) is 3.59. The minimum absolute atomic E-state index is 0.0919. The van der Waals surface area contributed by atoms with Gasteiger partial charge in [0.2, 0.25) is 0 Å². The zero-order chi connectivity index (χ0) is 16.5. The standard InChI is InChI=1S/C21H20N2O/c1-3-8-18-15(2)22-21-20(13-7-14-23(18)21)24-19-12-6-10-16-9-4-5-11-17(16)19/h1,4-5,7,9,11,13-14,19H,6,8,10,12H2,2H3. The van der Waals surface area contributed by atoms with Crippen molar-refractivity contribution in [2.24, 2.45) is 0 Å². The molecule has 2 heterocycles. The van der Waals surface area contributed by atoms with Gasteiger partial charge in [0.15, 0.2) is 11.4 Å². The number of aryl methyl sites for hydroxylation is 2. The van der Waals surface area contributed by atoms with E-state index in [0.29, 0.717) is 6.42 Å². The van der Waals surface area contributed by atoms with Crippen molar-refractivity contribution < 1.29 is 4.74 Å². The van der Waals surface area contributed by atoms with Crippen molar-refractivity contribution in [1.82, 2.24) is 9.38 Å². The van der Waals surface area contributed by atoms with Crippen LogP contribution in [0.2, 0.25) is 0 Å². The smallest absolute Gasteiger partial charge is 0.180 e. The number of benzene rings is 1. The maximum Gasteiger partial charge on any atom is 0.180 e. The Kier molecular flexibility index (Phi) is 3.74. The molecule has 0 amide bonds. The van der Waals surface area contributed by atoms with Gasteiger partial charge in [-0.1, -0.05) is 24.3 Å². The van der Waals surface area contributed by atoms with Gasteiger partial charge in [0.25, 0.3) is 0 Å². The van der Waals surface area contributed by atoms with Crippen molar-refractivity contribution >= 4 is 5.65 Å². The molecule has 2 aromatic heterocycles. The highest BCUT2D eigenvalue weighted by Gasteiger charge is 2.22. The average Bonchev–Trinajstić information content (AvgIpc) is 2.93. The van der Waals surface area contributed by atoms with Crippen molar-refractivity contribution in [1.29, 1.82) is 0 Å². The van der Waals surface area contributed by atoms with Crippen LogP contribution < -0.4 is 4.74 Å². The summed E-state index contributed by atoms with van der Waals surface area (Å²) >= 11 is 0. The molecule has 0 bridgehead atoms. The lowest BCUT2D eigenvalue weighted by molar-refractivity contribution is 0.185. The fraction of sp³-hybridized carbons (Fsp3) is 0.286. The Bertz CT molecular complexity index is 933. The highest BCUT2D eigenvalue weighted by Crippen LogP contribution is 2.35. The number of hydrogen-bond acceptors (Lipinski definition) is 2. The third kappa shape index (κ3) is 2.45. The Balaban J connectivity index is 1.74. The van der Waals surface area contributed by atoms with E-state index in [2.05, 4.69) is 34.6 Å². The molecule has 0 saturated carbocycles. The summed E-state index contributed by atoms with van der Waals surface area (Å²) in [6.45, 7) is 2.00. The highest BCUT2D eigenvalue weighted by atomic mass is 16.5. The monoisotopic (exact) mass is 316 g/mol. The molecule has 1 aliphatic carbocycles. The van der Waals surface area contributed by atoms with Crippen LogP contribution >= 0.6 is 0 Å². The van der Waals surface area contributed by atoms with Crippen molar-refractivity contribution in [2.45, 2.75) is 38.7 Å². The third-order valence-electron chi connectivity index (χ3n) is 4.77. The molecule has 0 spiro atoms. The van der Waals surface area contributed by atoms with Gasteiger partial charge < -0.3 is 4.74 Å². The van der Waals surface area contributed by atoms with Gasteiger partial charge in [0.1, 0.15) is 6.10 Å². The number of hydrogen-bond donors (Lipinski definition) is 0. The van der Waals surface area contributed by atoms with E-state index in [9.17, 15) is 0 Å². The molecular formula is C21H20N2O. The van der Waals surface area contributed by atoms with Gasteiger partial charge >= 0.3 is 0 Å². The van der Waals surface area contributed by atoms with Gasteiger partial charge in [-0.25, -0.2) is 4.98 Å². The number of nitrogens with zero attached hydrogens (tertiary/aromatic N) is 2. The summed E-state index contributed by atoms with van der Waals surface area (Å²) in [7, 11) is 0. The lowest BCUT2D eigenvalue weighted by atomic mass is 9.89. The van der Waals surface area contributed by atoms with Crippen LogP contribution in [0.25, 0.3) is 5.65 Å². The molecule has 3 heteroatoms. The first-order valence-electron chi connectivity index (χ1n) is 8.42. The number of rotatable bonds is 3. The Hall–Kier alpha value is -2.73. The van der Waals surface area contributed by atoms with E-state index >= 15 is 0 Å². The van der Waals surface area contributed by atoms with Gasteiger partial charge in [0.05, 0.1) is 17.8 Å². The molecule has 1 atom stereocenters. The molecule has 0 saturated heterocycles. The van der Waals surface area contributed by atoms with Crippen LogP contribution in [0.3, 0.4) is 0 Å². The van der Waals surface area contributed by atoms with Crippen molar-refractivity contribution in [3.63, 3.8) is 0 Å². The van der Waals surface area contributed by atoms with Crippen LogP contribution in [0, 0.1) is 19.3 Å². The zero-order valence-corrected chi connectivity index (χ0v) is 13.8. The van der Waals surface area contributed by atoms with E-state index in [1.165, 1.54) is 11.1 Å². The first kappa shape index (κ1) is 14.8. The lowest BCUT2D eigenvalue weighted by Gasteiger charge is -2.26. The van der Waals surface area contributed by atoms with Gasteiger partial charge in [-0.2, -0.15) is 0 Å². The number of aromatic nitrogens is 2. The van der Waals surface area contributed by atoms with E-state index in [-0.39, 0.29) is 6.10 Å². The van der Waals surface area contributed by atoms with Crippen molar-refractivity contribution in [2.75, 3.05) is 0 Å². The van der Waals surface area contributed by atoms with Crippen LogP contribution in [0.1, 0.15) is 41.5 Å². The second kappa shape index (κ2) is 6.05. The van der Waals surface area contributed by atoms with E-state index in [4.69, 9.17) is 16.1 Å². The van der Waals surface area contributed by atoms with E-state index in [1.54, 1.807) is 0 Å². The van der Waals surface area contributed by atoms with Crippen molar-refractivity contribution in [3.05, 3.63) is 65.1 Å². The molecule has 3 nitrogen and oxygen atoms in total. The van der Waals surface area contributed by atoms with Crippen LogP contribution in [0.4, 0.5) is 0 Å². The molecule has 3 aromatic rings. The summed E-state index contributed by atoms with van der Waals surface area (Å²) in [6, 6.07) is 12.6. The molecule has 24 heavy (non-hydrogen) atoms. The fourth-order valence-corrected chi connectivity index (χ4v) is 3.59. The molecule has 1 aromatic carbocycles. The Morgan fingerprint density at radius 2 is 2.17 bits per heavy atom. The topological polar surface area (TPSA) is 26.5 Å². The SMILES string of the molecule is C#CCc1c(C)nc2c(OC3CCCc4ccccc43)cccn12. The molecule has 0 N–H and O–H groups in total. The normalized spacial score (nSPS) is 16.6. The van der Waals surface area contributed by atoms with E-state index in [0.717, 1.165) is 42.0 Å². The molecule has 0 aliphatic heterocycles. The predicted molar refractivity (Wildman–Crippen MR) is 95.2 cm³/mol. The first-order valence-corrected chi connectivity index (χ1v) is 8.42. The molecule has 0 fully saturated rings. The number of terminal acetylenes is 1. The summed E-state index contributed by atoms with van der Waals surface area (Å²) in [5, 5.41) is 0. The van der Waals surface area contributed by atoms with Gasteiger partial charge in [-0.3, -0.25) is 4.40 Å². The zero-order valence-electron chi connectivity index (χ0n) is 13.8. The largest absolute Gasteiger partial charge is 0.482 e. The second-order valence-corrected chi connectivity index (χ2v) is 6.29. The number of ether oxygens (including phenoxy) is 1. The molecule has 120 valence electrons. The number of fused-ring (bicyclic) bond motifs is 2. The molecule has 4 rings (SSSR count). The quantitative estimate of drug-likeness (QED) is 0.674. The molecular weight excluding hydrogens is 296 g/mol. The minimum Gasteiger partial charge on any atom is -0.482 e. The summed E-state index contributed by atoms with van der Waals surface area (Å²) in [5.41, 5.74) is 5.57. The van der Waals surface area contributed by atoms with Gasteiger partial charge in [0, 0.05) is 6.20 Å². The van der Waals surface area contributed by atoms with Crippen LogP contribution in [0.15, 0.2) is 42.6 Å². The number of imidazole rings is 1. The Morgan fingerprint density at radius 1 is 1.29 bits per heavy atom. The van der Waals surface area contributed by atoms with Crippen molar-refractivity contribution in [3.8, 4) is 18.1 Å². The number of pyridine rings is 1. The summed E-state index contributed by atoms with van der Waals surface area (Å²) in [5.74, 6) is 3.54. The van der Waals surface area contributed by atoms with Crippen LogP contribution in [-0.2, 0) is 12.8 Å². The second-order valence-electron chi connectivity index (χ2n) is 6.29. The Morgan fingerprint density at radius 3 is 3.04 bits per heavy atom. The van der Waals surface area contributed by atoms with E-state index in [1.807, 2.05) is 25.3 Å². The van der Waals surface area contributed by atoms with Crippen LogP contribution in [0.5, 0.6) is 5.75 Å². The maximum absolute atomic E-state index is 6.41. The first-order chi connectivity index (χ1) is 11.8. The summed E-state index contributed by atoms with van der Waals surface area (Å²) in [6.07, 6.45) is 11.5. The third-order valence-corrected chi connectivity index (χ3v) is 4.77. The van der Waals surface area contributed by atoms with Crippen LogP contribution in [-0.4, -0.2) is 9.38 Å². The minimum atomic E-state index is 0.0919. The molecule has 0 radical (unpaired) electrons. The van der Waals surface area contributed by atoms with E-state index < -0.39 is 0 Å². The van der Waals surface area contributed by atoms with Gasteiger partial charge in [-0.15, -0.1) is 12.3 Å². The highest BCUT2D eigenvalue weighted by molar-refractivity contribution is 5.56. The molecule has 1 aliphatic rings. The summed E-state index contributed by atoms with van der Waals surface area (Å²) in [4.78, 5) is 4.70. The average molecular weight is 316 g/mol. The Labute approximate surface area is 142 Å². The maximum atomic E-state index is 6.41. The van der Waals surface area contributed by atoms with Gasteiger partial charge in [-0.05, 0) is 49.4 Å². The summed E-state index contributed by atoms with van der Waals surface area (Å²) < 4.78 is 8.46.